The van der Waals surface area contributed by atoms with Crippen molar-refractivity contribution in [1.82, 2.24) is 4.90 Å². The van der Waals surface area contributed by atoms with Gasteiger partial charge < -0.3 is 15.0 Å². The molecule has 3 rings (SSSR count). The van der Waals surface area contributed by atoms with Crippen LogP contribution in [-0.4, -0.2) is 41.4 Å². The molecule has 1 aromatic carbocycles. The quantitative estimate of drug-likeness (QED) is 0.784. The highest BCUT2D eigenvalue weighted by Gasteiger charge is 2.23. The lowest BCUT2D eigenvalue weighted by Crippen LogP contribution is -2.45. The first-order chi connectivity index (χ1) is 8.74. The highest BCUT2D eigenvalue weighted by molar-refractivity contribution is 7.84. The number of hydrogen-bond acceptors (Lipinski definition) is 4. The number of rotatable bonds is 0. The van der Waals surface area contributed by atoms with E-state index in [0.29, 0.717) is 29.1 Å². The summed E-state index contributed by atoms with van der Waals surface area (Å²) in [6.07, 6.45) is 0. The fourth-order valence-electron chi connectivity index (χ4n) is 1.93. The first-order valence-electron chi connectivity index (χ1n) is 5.64. The van der Waals surface area contributed by atoms with Crippen LogP contribution in [0.4, 0.5) is 5.69 Å². The third kappa shape index (κ3) is 2.23. The molecule has 0 bridgehead atoms. The molecule has 0 saturated carbocycles. The Morgan fingerprint density at radius 1 is 1.39 bits per heavy atom. The first-order valence-corrected chi connectivity index (χ1v) is 7.12. The summed E-state index contributed by atoms with van der Waals surface area (Å²) in [6, 6.07) is 5.27. The summed E-state index contributed by atoms with van der Waals surface area (Å²) in [5, 5.41) is 3.76. The molecule has 0 spiro atoms. The van der Waals surface area contributed by atoms with Crippen LogP contribution in [0.2, 0.25) is 5.02 Å². The van der Waals surface area contributed by atoms with Crippen LogP contribution < -0.4 is 5.32 Å². The van der Waals surface area contributed by atoms with Gasteiger partial charge in [-0.05, 0) is 18.2 Å². The van der Waals surface area contributed by atoms with Gasteiger partial charge in [0.2, 0.25) is 5.96 Å². The van der Waals surface area contributed by atoms with Gasteiger partial charge in [0.15, 0.2) is 11.0 Å². The summed E-state index contributed by atoms with van der Waals surface area (Å²) < 4.78 is 21.5. The van der Waals surface area contributed by atoms with Crippen molar-refractivity contribution in [3.8, 4) is 0 Å². The largest absolute Gasteiger partial charge is 0.378 e. The number of hydrogen-bond donors (Lipinski definition) is 1. The number of guanidine groups is 1. The van der Waals surface area contributed by atoms with Gasteiger partial charge in [-0.3, -0.25) is 0 Å². The van der Waals surface area contributed by atoms with Crippen LogP contribution in [0.25, 0.3) is 0 Å². The number of anilines is 1. The summed E-state index contributed by atoms with van der Waals surface area (Å²) in [7, 11) is -1.40. The van der Waals surface area contributed by atoms with Crippen LogP contribution in [0.5, 0.6) is 0 Å². The zero-order chi connectivity index (χ0) is 12.5. The Hall–Kier alpha value is -1.11. The average Bonchev–Trinajstić information content (AvgIpc) is 2.40. The van der Waals surface area contributed by atoms with Crippen LogP contribution in [-0.2, 0) is 15.7 Å². The Balaban J connectivity index is 1.89. The van der Waals surface area contributed by atoms with E-state index in [0.717, 1.165) is 18.8 Å². The van der Waals surface area contributed by atoms with Gasteiger partial charge >= 0.3 is 0 Å². The minimum atomic E-state index is -1.40. The standard InChI is InChI=1S/C11H12ClN3O2S/c12-8-1-2-9-10(7-8)18(16)14-11(13-9)15-3-5-17-6-4-15/h1-2,7H,3-6H2,(H,13,14). The van der Waals surface area contributed by atoms with Crippen LogP contribution in [0, 0.1) is 0 Å². The third-order valence-electron chi connectivity index (χ3n) is 2.86. The van der Waals surface area contributed by atoms with E-state index in [9.17, 15) is 4.21 Å². The summed E-state index contributed by atoms with van der Waals surface area (Å²) in [6.45, 7) is 2.85. The molecule has 0 radical (unpaired) electrons. The molecule has 0 aliphatic carbocycles. The Kier molecular flexibility index (Phi) is 3.23. The molecular formula is C11H12ClN3O2S. The van der Waals surface area contributed by atoms with E-state index in [1.807, 2.05) is 11.0 Å². The molecule has 18 heavy (non-hydrogen) atoms. The van der Waals surface area contributed by atoms with E-state index in [1.54, 1.807) is 12.1 Å². The number of halogens is 1. The molecule has 1 atom stereocenters. The van der Waals surface area contributed by atoms with Crippen LogP contribution in [0.1, 0.15) is 0 Å². The second kappa shape index (κ2) is 4.87. The topological polar surface area (TPSA) is 53.9 Å². The van der Waals surface area contributed by atoms with Gasteiger partial charge in [-0.15, -0.1) is 4.40 Å². The molecule has 1 aromatic rings. The van der Waals surface area contributed by atoms with E-state index in [2.05, 4.69) is 9.71 Å². The van der Waals surface area contributed by atoms with E-state index < -0.39 is 11.0 Å². The molecule has 0 aromatic heterocycles. The number of benzene rings is 1. The van der Waals surface area contributed by atoms with Gasteiger partial charge in [0.1, 0.15) is 0 Å². The van der Waals surface area contributed by atoms with E-state index in [4.69, 9.17) is 16.3 Å². The van der Waals surface area contributed by atoms with Gasteiger partial charge in [-0.25, -0.2) is 4.21 Å². The first kappa shape index (κ1) is 12.0. The fraction of sp³-hybridized carbons (Fsp3) is 0.364. The van der Waals surface area contributed by atoms with Gasteiger partial charge in [0, 0.05) is 18.1 Å². The highest BCUT2D eigenvalue weighted by atomic mass is 35.5. The lowest BCUT2D eigenvalue weighted by molar-refractivity contribution is 0.0681. The van der Waals surface area contributed by atoms with Crippen molar-refractivity contribution in [3.63, 3.8) is 0 Å². The number of fused-ring (bicyclic) bond motifs is 1. The number of nitrogens with one attached hydrogen (secondary N) is 1. The van der Waals surface area contributed by atoms with E-state index in [1.165, 1.54) is 0 Å². The second-order valence-electron chi connectivity index (χ2n) is 4.03. The Morgan fingerprint density at radius 2 is 2.17 bits per heavy atom. The summed E-state index contributed by atoms with van der Waals surface area (Å²) in [5.41, 5.74) is 0.800. The molecule has 1 saturated heterocycles. The molecular weight excluding hydrogens is 274 g/mol. The molecule has 1 unspecified atom stereocenters. The third-order valence-corrected chi connectivity index (χ3v) is 4.15. The van der Waals surface area contributed by atoms with Crippen molar-refractivity contribution in [2.75, 3.05) is 31.6 Å². The SMILES string of the molecule is O=S1N=C(N2CCOCC2)Nc2ccc(Cl)cc21. The van der Waals surface area contributed by atoms with Crippen molar-refractivity contribution in [1.29, 1.82) is 0 Å². The van der Waals surface area contributed by atoms with Crippen molar-refractivity contribution >= 4 is 34.2 Å². The zero-order valence-electron chi connectivity index (χ0n) is 9.56. The van der Waals surface area contributed by atoms with Gasteiger partial charge in [0.05, 0.1) is 23.8 Å². The Labute approximate surface area is 112 Å². The maximum Gasteiger partial charge on any atom is 0.213 e. The van der Waals surface area contributed by atoms with Crippen molar-refractivity contribution in [3.05, 3.63) is 23.2 Å². The predicted molar refractivity (Wildman–Crippen MR) is 71.3 cm³/mol. The molecule has 2 aliphatic heterocycles. The molecule has 5 nitrogen and oxygen atoms in total. The summed E-state index contributed by atoms with van der Waals surface area (Å²) >= 11 is 5.89. The van der Waals surface area contributed by atoms with Crippen LogP contribution in [0.3, 0.4) is 0 Å². The predicted octanol–water partition coefficient (Wildman–Crippen LogP) is 1.48. The molecule has 96 valence electrons. The number of nitrogens with zero attached hydrogens (tertiary/aromatic N) is 2. The summed E-state index contributed by atoms with van der Waals surface area (Å²) in [4.78, 5) is 2.67. The molecule has 2 heterocycles. The summed E-state index contributed by atoms with van der Waals surface area (Å²) in [5.74, 6) is 0.645. The molecule has 1 N–H and O–H groups in total. The monoisotopic (exact) mass is 285 g/mol. The minimum absolute atomic E-state index is 0.564. The minimum Gasteiger partial charge on any atom is -0.378 e. The van der Waals surface area contributed by atoms with Gasteiger partial charge in [-0.1, -0.05) is 11.6 Å². The zero-order valence-corrected chi connectivity index (χ0v) is 11.1. The lowest BCUT2D eigenvalue weighted by atomic mass is 10.3. The average molecular weight is 286 g/mol. The van der Waals surface area contributed by atoms with Crippen LogP contribution >= 0.6 is 11.6 Å². The van der Waals surface area contributed by atoms with Crippen molar-refractivity contribution < 1.29 is 8.95 Å². The Bertz CT molecular complexity index is 529. The lowest BCUT2D eigenvalue weighted by Gasteiger charge is -2.31. The number of morpholine rings is 1. The number of ether oxygens (including phenoxy) is 1. The molecule has 1 fully saturated rings. The van der Waals surface area contributed by atoms with E-state index in [-0.39, 0.29) is 0 Å². The molecule has 0 amide bonds. The smallest absolute Gasteiger partial charge is 0.213 e. The fourth-order valence-corrected chi connectivity index (χ4v) is 3.12. The van der Waals surface area contributed by atoms with E-state index >= 15 is 0 Å². The molecule has 2 aliphatic rings. The van der Waals surface area contributed by atoms with Crippen molar-refractivity contribution in [2.24, 2.45) is 4.40 Å². The maximum absolute atomic E-state index is 12.1. The van der Waals surface area contributed by atoms with Gasteiger partial charge in [-0.2, -0.15) is 0 Å². The van der Waals surface area contributed by atoms with Crippen molar-refractivity contribution in [2.45, 2.75) is 4.90 Å². The second-order valence-corrected chi connectivity index (χ2v) is 5.59. The molecule has 7 heteroatoms. The highest BCUT2D eigenvalue weighted by Crippen LogP contribution is 2.28. The maximum atomic E-state index is 12.1. The van der Waals surface area contributed by atoms with Crippen LogP contribution in [0.15, 0.2) is 27.5 Å². The van der Waals surface area contributed by atoms with Gasteiger partial charge in [0.25, 0.3) is 0 Å². The Morgan fingerprint density at radius 3 is 2.94 bits per heavy atom. The normalized spacial score (nSPS) is 23.1.